The number of nitrogens with one attached hydrogen (secondary N) is 1. The number of rotatable bonds is 2. The summed E-state index contributed by atoms with van der Waals surface area (Å²) in [4.78, 5) is 18.5. The highest BCUT2D eigenvalue weighted by Gasteiger charge is 2.11. The van der Waals surface area contributed by atoms with Gasteiger partial charge in [0.05, 0.1) is 5.88 Å². The van der Waals surface area contributed by atoms with Crippen molar-refractivity contribution < 1.29 is 4.79 Å². The number of carbonyl (C=O) groups excluding carboxylic acids is 1. The number of halogens is 1. The third kappa shape index (κ3) is 1.40. The van der Waals surface area contributed by atoms with Gasteiger partial charge in [-0.15, -0.1) is 11.6 Å². The number of aromatic nitrogens is 2. The first kappa shape index (κ1) is 9.21. The van der Waals surface area contributed by atoms with E-state index < -0.39 is 0 Å². The fourth-order valence-corrected chi connectivity index (χ4v) is 1.55. The molecule has 0 aliphatic rings. The normalized spacial score (nSPS) is 10.7. The van der Waals surface area contributed by atoms with Crippen molar-refractivity contribution in [3.05, 3.63) is 29.6 Å². The molecule has 0 unspecified atom stereocenters. The molecule has 2 rings (SSSR count). The van der Waals surface area contributed by atoms with E-state index in [1.54, 1.807) is 12.4 Å². The Kier molecular flexibility index (Phi) is 2.25. The SMILES string of the molecule is Cc1cnc2[nH]cc(C(=O)CCl)c2c1. The van der Waals surface area contributed by atoms with E-state index in [2.05, 4.69) is 9.97 Å². The monoisotopic (exact) mass is 208 g/mol. The van der Waals surface area contributed by atoms with Gasteiger partial charge in [-0.1, -0.05) is 0 Å². The van der Waals surface area contributed by atoms with E-state index in [-0.39, 0.29) is 11.7 Å². The molecule has 3 nitrogen and oxygen atoms in total. The minimum atomic E-state index is -0.0784. The molecule has 0 aliphatic carbocycles. The summed E-state index contributed by atoms with van der Waals surface area (Å²) in [5, 5.41) is 0.843. The topological polar surface area (TPSA) is 45.8 Å². The zero-order valence-electron chi connectivity index (χ0n) is 7.67. The van der Waals surface area contributed by atoms with Crippen LogP contribution in [0.25, 0.3) is 11.0 Å². The van der Waals surface area contributed by atoms with Crippen LogP contribution < -0.4 is 0 Å². The second-order valence-corrected chi connectivity index (χ2v) is 3.44. The number of Topliss-reactive ketones (excluding diaryl/α,β-unsaturated/α-hetero) is 1. The van der Waals surface area contributed by atoms with Crippen molar-refractivity contribution in [3.63, 3.8) is 0 Å². The van der Waals surface area contributed by atoms with Gasteiger partial charge in [0.1, 0.15) is 5.65 Å². The molecule has 2 heterocycles. The van der Waals surface area contributed by atoms with E-state index in [9.17, 15) is 4.79 Å². The van der Waals surface area contributed by atoms with Gasteiger partial charge in [-0.3, -0.25) is 4.79 Å². The molecule has 0 bridgehead atoms. The highest BCUT2D eigenvalue weighted by Crippen LogP contribution is 2.18. The number of aryl methyl sites for hydroxylation is 1. The van der Waals surface area contributed by atoms with E-state index in [1.165, 1.54) is 0 Å². The standard InChI is InChI=1S/C10H9ClN2O/c1-6-2-7-8(9(14)3-11)5-13-10(7)12-4-6/h2,4-5H,3H2,1H3,(H,12,13). The summed E-state index contributed by atoms with van der Waals surface area (Å²) in [5.41, 5.74) is 2.37. The number of H-pyrrole nitrogens is 1. The first-order chi connectivity index (χ1) is 6.72. The van der Waals surface area contributed by atoms with Crippen LogP contribution in [-0.2, 0) is 0 Å². The average Bonchev–Trinajstić information content (AvgIpc) is 2.59. The quantitative estimate of drug-likeness (QED) is 0.608. The number of alkyl halides is 1. The molecule has 1 N–H and O–H groups in total. The minimum Gasteiger partial charge on any atom is -0.345 e. The van der Waals surface area contributed by atoms with Crippen LogP contribution in [0.3, 0.4) is 0 Å². The Hall–Kier alpha value is -1.35. The summed E-state index contributed by atoms with van der Waals surface area (Å²) < 4.78 is 0. The first-order valence-corrected chi connectivity index (χ1v) is 4.78. The molecule has 0 saturated heterocycles. The van der Waals surface area contributed by atoms with Crippen molar-refractivity contribution >= 4 is 28.4 Å². The Morgan fingerprint density at radius 1 is 1.64 bits per heavy atom. The molecule has 0 aromatic carbocycles. The van der Waals surface area contributed by atoms with Crippen molar-refractivity contribution in [1.82, 2.24) is 9.97 Å². The molecule has 0 spiro atoms. The minimum absolute atomic E-state index is 0.000888. The van der Waals surface area contributed by atoms with Gasteiger partial charge in [-0.25, -0.2) is 4.98 Å². The predicted molar refractivity (Wildman–Crippen MR) is 55.9 cm³/mol. The maximum absolute atomic E-state index is 11.4. The second kappa shape index (κ2) is 3.42. The summed E-state index contributed by atoms with van der Waals surface area (Å²) in [5.74, 6) is -0.0775. The Labute approximate surface area is 86.1 Å². The van der Waals surface area contributed by atoms with E-state index >= 15 is 0 Å². The molecule has 0 aliphatic heterocycles. The molecule has 72 valence electrons. The molecule has 0 fully saturated rings. The number of aromatic amines is 1. The summed E-state index contributed by atoms with van der Waals surface area (Å²) in [7, 11) is 0. The molecule has 2 aromatic rings. The highest BCUT2D eigenvalue weighted by atomic mass is 35.5. The fraction of sp³-hybridized carbons (Fsp3) is 0.200. The Bertz CT molecular complexity index is 490. The highest BCUT2D eigenvalue weighted by molar-refractivity contribution is 6.31. The number of fused-ring (bicyclic) bond motifs is 1. The van der Waals surface area contributed by atoms with Crippen molar-refractivity contribution in [2.24, 2.45) is 0 Å². The number of nitrogens with zero attached hydrogens (tertiary/aromatic N) is 1. The smallest absolute Gasteiger partial charge is 0.179 e. The maximum atomic E-state index is 11.4. The largest absolute Gasteiger partial charge is 0.345 e. The number of carbonyl (C=O) groups is 1. The van der Waals surface area contributed by atoms with Crippen LogP contribution in [0.5, 0.6) is 0 Å². The van der Waals surface area contributed by atoms with Gasteiger partial charge in [-0.05, 0) is 18.6 Å². The van der Waals surface area contributed by atoms with Crippen molar-refractivity contribution in [2.75, 3.05) is 5.88 Å². The third-order valence-corrected chi connectivity index (χ3v) is 2.33. The zero-order chi connectivity index (χ0) is 10.1. The second-order valence-electron chi connectivity index (χ2n) is 3.17. The molecule has 0 amide bonds. The number of pyridine rings is 1. The molecule has 14 heavy (non-hydrogen) atoms. The van der Waals surface area contributed by atoms with Crippen LogP contribution in [0.1, 0.15) is 15.9 Å². The van der Waals surface area contributed by atoms with Gasteiger partial charge >= 0.3 is 0 Å². The molecular weight excluding hydrogens is 200 g/mol. The van der Waals surface area contributed by atoms with Gasteiger partial charge in [0.15, 0.2) is 5.78 Å². The van der Waals surface area contributed by atoms with E-state index in [1.807, 2.05) is 13.0 Å². The molecule has 0 atom stereocenters. The van der Waals surface area contributed by atoms with Crippen molar-refractivity contribution in [3.8, 4) is 0 Å². The Balaban J connectivity index is 2.67. The number of ketones is 1. The van der Waals surface area contributed by atoms with Crippen LogP contribution in [0.4, 0.5) is 0 Å². The Morgan fingerprint density at radius 2 is 2.43 bits per heavy atom. The molecule has 2 aromatic heterocycles. The van der Waals surface area contributed by atoms with Crippen LogP contribution in [0.2, 0.25) is 0 Å². The van der Waals surface area contributed by atoms with Crippen LogP contribution >= 0.6 is 11.6 Å². The number of hydrogen-bond donors (Lipinski definition) is 1. The van der Waals surface area contributed by atoms with Crippen LogP contribution in [-0.4, -0.2) is 21.6 Å². The summed E-state index contributed by atoms with van der Waals surface area (Å²) >= 11 is 5.50. The van der Waals surface area contributed by atoms with E-state index in [4.69, 9.17) is 11.6 Å². The predicted octanol–water partition coefficient (Wildman–Crippen LogP) is 2.29. The average molecular weight is 209 g/mol. The maximum Gasteiger partial charge on any atom is 0.179 e. The van der Waals surface area contributed by atoms with Gasteiger partial charge < -0.3 is 4.98 Å². The zero-order valence-corrected chi connectivity index (χ0v) is 8.43. The van der Waals surface area contributed by atoms with Crippen molar-refractivity contribution in [1.29, 1.82) is 0 Å². The lowest BCUT2D eigenvalue weighted by Crippen LogP contribution is -1.98. The summed E-state index contributed by atoms with van der Waals surface area (Å²) in [6.45, 7) is 1.94. The first-order valence-electron chi connectivity index (χ1n) is 4.25. The number of hydrogen-bond acceptors (Lipinski definition) is 2. The lowest BCUT2D eigenvalue weighted by Gasteiger charge is -1.95. The fourth-order valence-electron chi connectivity index (χ4n) is 1.41. The van der Waals surface area contributed by atoms with E-state index in [0.29, 0.717) is 5.56 Å². The van der Waals surface area contributed by atoms with Gasteiger partial charge in [0.2, 0.25) is 0 Å². The van der Waals surface area contributed by atoms with Gasteiger partial charge in [0.25, 0.3) is 0 Å². The molecule has 4 heteroatoms. The van der Waals surface area contributed by atoms with Gasteiger partial charge in [0, 0.05) is 23.3 Å². The molecular formula is C10H9ClN2O. The third-order valence-electron chi connectivity index (χ3n) is 2.09. The summed E-state index contributed by atoms with van der Waals surface area (Å²) in [6.07, 6.45) is 3.41. The lowest BCUT2D eigenvalue weighted by atomic mass is 10.1. The lowest BCUT2D eigenvalue weighted by molar-refractivity contribution is 0.102. The van der Waals surface area contributed by atoms with Crippen molar-refractivity contribution in [2.45, 2.75) is 6.92 Å². The Morgan fingerprint density at radius 3 is 3.14 bits per heavy atom. The van der Waals surface area contributed by atoms with Crippen LogP contribution in [0, 0.1) is 6.92 Å². The molecule has 0 saturated carbocycles. The van der Waals surface area contributed by atoms with Gasteiger partial charge in [-0.2, -0.15) is 0 Å². The van der Waals surface area contributed by atoms with Crippen LogP contribution in [0.15, 0.2) is 18.5 Å². The summed E-state index contributed by atoms with van der Waals surface area (Å²) in [6, 6.07) is 1.93. The molecule has 0 radical (unpaired) electrons. The van der Waals surface area contributed by atoms with E-state index in [0.717, 1.165) is 16.6 Å².